The molecule has 0 radical (unpaired) electrons. The summed E-state index contributed by atoms with van der Waals surface area (Å²) < 4.78 is 24.8. The van der Waals surface area contributed by atoms with E-state index in [9.17, 15) is 14.0 Å². The normalized spacial score (nSPS) is 10.9. The van der Waals surface area contributed by atoms with Crippen molar-refractivity contribution in [3.05, 3.63) is 76.6 Å². The minimum absolute atomic E-state index is 0.0875. The molecule has 0 saturated heterocycles. The molecule has 1 amide bonds. The van der Waals surface area contributed by atoms with E-state index in [1.54, 1.807) is 7.11 Å². The van der Waals surface area contributed by atoms with Gasteiger partial charge in [0.1, 0.15) is 29.0 Å². The number of aryl methyl sites for hydroxylation is 1. The molecular weight excluding hydrogens is 403 g/mol. The van der Waals surface area contributed by atoms with Gasteiger partial charge in [-0.05, 0) is 42.0 Å². The van der Waals surface area contributed by atoms with Crippen molar-refractivity contribution in [2.45, 2.75) is 19.5 Å². The molecule has 2 heterocycles. The fourth-order valence-corrected chi connectivity index (χ4v) is 3.10. The Balaban J connectivity index is 1.45. The first kappa shape index (κ1) is 20.3. The average molecular weight is 422 g/mol. The summed E-state index contributed by atoms with van der Waals surface area (Å²) in [5.41, 5.74) is 1.46. The number of amides is 1. The smallest absolute Gasteiger partial charge is 0.266 e. The van der Waals surface area contributed by atoms with E-state index in [2.05, 4.69) is 15.5 Å². The number of aromatic nitrogens is 3. The highest BCUT2D eigenvalue weighted by atomic mass is 19.1. The zero-order valence-corrected chi connectivity index (χ0v) is 16.7. The van der Waals surface area contributed by atoms with E-state index < -0.39 is 5.82 Å². The largest absolute Gasteiger partial charge is 0.497 e. The monoisotopic (exact) mass is 422 g/mol. The summed E-state index contributed by atoms with van der Waals surface area (Å²) >= 11 is 0. The number of benzene rings is 2. The summed E-state index contributed by atoms with van der Waals surface area (Å²) in [6.07, 6.45) is 1.42. The van der Waals surface area contributed by atoms with E-state index in [0.29, 0.717) is 12.1 Å². The highest BCUT2D eigenvalue weighted by Gasteiger charge is 2.17. The van der Waals surface area contributed by atoms with E-state index in [0.717, 1.165) is 11.3 Å². The van der Waals surface area contributed by atoms with E-state index in [1.807, 2.05) is 24.3 Å². The number of carbonyl (C=O) groups excluding carboxylic acids is 1. The summed E-state index contributed by atoms with van der Waals surface area (Å²) in [5.74, 6) is 0.144. The second-order valence-corrected chi connectivity index (χ2v) is 6.84. The van der Waals surface area contributed by atoms with E-state index in [-0.39, 0.29) is 41.2 Å². The maximum Gasteiger partial charge on any atom is 0.266 e. The van der Waals surface area contributed by atoms with Gasteiger partial charge in [0, 0.05) is 25.1 Å². The molecule has 158 valence electrons. The molecule has 0 aliphatic carbocycles. The highest BCUT2D eigenvalue weighted by Crippen LogP contribution is 2.24. The third kappa shape index (κ3) is 4.45. The maximum atomic E-state index is 13.2. The van der Waals surface area contributed by atoms with Crippen LogP contribution in [0.25, 0.3) is 22.4 Å². The summed E-state index contributed by atoms with van der Waals surface area (Å²) in [5, 5.41) is 6.91. The lowest BCUT2D eigenvalue weighted by Gasteiger charge is -2.08. The van der Waals surface area contributed by atoms with Gasteiger partial charge in [-0.1, -0.05) is 17.3 Å². The molecular formula is C22H19FN4O4. The number of nitrogens with zero attached hydrogens (tertiary/aromatic N) is 3. The SMILES string of the molecule is COc1ccc(CNC(=O)CCn2cnc3onc(-c4ccc(F)cc4)c3c2=O)cc1. The molecule has 9 heteroatoms. The standard InChI is InChI=1S/C22H19FN4O4/c1-30-17-8-2-14(3-9-17)12-24-18(28)10-11-27-13-25-21-19(22(27)29)20(26-31-21)15-4-6-16(23)7-5-15/h2-9,13H,10-12H2,1H3,(H,24,28). The van der Waals surface area contributed by atoms with Gasteiger partial charge in [-0.3, -0.25) is 14.2 Å². The number of methoxy groups -OCH3 is 1. The van der Waals surface area contributed by atoms with Crippen molar-refractivity contribution >= 4 is 17.0 Å². The fourth-order valence-electron chi connectivity index (χ4n) is 3.10. The number of fused-ring (bicyclic) bond motifs is 1. The van der Waals surface area contributed by atoms with Gasteiger partial charge in [0.15, 0.2) is 0 Å². The molecule has 1 N–H and O–H groups in total. The van der Waals surface area contributed by atoms with Crippen LogP contribution >= 0.6 is 0 Å². The van der Waals surface area contributed by atoms with Crippen molar-refractivity contribution in [3.8, 4) is 17.0 Å². The lowest BCUT2D eigenvalue weighted by atomic mass is 10.1. The number of carbonyl (C=O) groups is 1. The molecule has 0 aliphatic heterocycles. The Kier molecular flexibility index (Phi) is 5.74. The van der Waals surface area contributed by atoms with Crippen molar-refractivity contribution in [1.29, 1.82) is 0 Å². The van der Waals surface area contributed by atoms with Crippen molar-refractivity contribution in [3.63, 3.8) is 0 Å². The molecule has 4 rings (SSSR count). The molecule has 0 bridgehead atoms. The maximum absolute atomic E-state index is 13.2. The first-order valence-corrected chi connectivity index (χ1v) is 9.55. The number of rotatable bonds is 7. The Hall–Kier alpha value is -4.01. The molecule has 8 nitrogen and oxygen atoms in total. The Morgan fingerprint density at radius 1 is 1.16 bits per heavy atom. The van der Waals surface area contributed by atoms with Crippen LogP contribution in [0.5, 0.6) is 5.75 Å². The van der Waals surface area contributed by atoms with Crippen molar-refractivity contribution in [2.24, 2.45) is 0 Å². The van der Waals surface area contributed by atoms with Gasteiger partial charge in [0.2, 0.25) is 5.91 Å². The minimum atomic E-state index is -0.396. The predicted octanol–water partition coefficient (Wildman–Crippen LogP) is 2.91. The third-order valence-corrected chi connectivity index (χ3v) is 4.81. The zero-order chi connectivity index (χ0) is 21.8. The first-order chi connectivity index (χ1) is 15.0. The van der Waals surface area contributed by atoms with Gasteiger partial charge in [0.05, 0.1) is 7.11 Å². The van der Waals surface area contributed by atoms with E-state index >= 15 is 0 Å². The van der Waals surface area contributed by atoms with Crippen LogP contribution in [0.2, 0.25) is 0 Å². The molecule has 4 aromatic rings. The average Bonchev–Trinajstić information content (AvgIpc) is 3.23. The Morgan fingerprint density at radius 3 is 2.61 bits per heavy atom. The highest BCUT2D eigenvalue weighted by molar-refractivity contribution is 5.88. The number of ether oxygens (including phenoxy) is 1. The molecule has 2 aromatic carbocycles. The predicted molar refractivity (Wildman–Crippen MR) is 111 cm³/mol. The molecule has 2 aromatic heterocycles. The lowest BCUT2D eigenvalue weighted by molar-refractivity contribution is -0.121. The van der Waals surface area contributed by atoms with Crippen LogP contribution < -0.4 is 15.6 Å². The fraction of sp³-hybridized carbons (Fsp3) is 0.182. The Bertz CT molecular complexity index is 1260. The van der Waals surface area contributed by atoms with Crippen LogP contribution in [0.15, 0.2) is 64.2 Å². The zero-order valence-electron chi connectivity index (χ0n) is 16.7. The van der Waals surface area contributed by atoms with Crippen LogP contribution in [-0.2, 0) is 17.9 Å². The summed E-state index contributed by atoms with van der Waals surface area (Å²) in [6, 6.07) is 12.9. The second kappa shape index (κ2) is 8.78. The van der Waals surface area contributed by atoms with Crippen LogP contribution in [-0.4, -0.2) is 27.7 Å². The number of hydrogen-bond acceptors (Lipinski definition) is 6. The molecule has 0 fully saturated rings. The van der Waals surface area contributed by atoms with Gasteiger partial charge < -0.3 is 14.6 Å². The van der Waals surface area contributed by atoms with Crippen LogP contribution in [0.1, 0.15) is 12.0 Å². The van der Waals surface area contributed by atoms with Gasteiger partial charge >= 0.3 is 0 Å². The number of halogens is 1. The lowest BCUT2D eigenvalue weighted by Crippen LogP contribution is -2.27. The molecule has 0 saturated carbocycles. The Labute approximate surface area is 176 Å². The van der Waals surface area contributed by atoms with Crippen molar-refractivity contribution in [2.75, 3.05) is 7.11 Å². The van der Waals surface area contributed by atoms with E-state index in [1.165, 1.54) is 35.2 Å². The molecule has 0 aliphatic rings. The number of nitrogens with one attached hydrogen (secondary N) is 1. The van der Waals surface area contributed by atoms with Crippen molar-refractivity contribution < 1.29 is 18.4 Å². The van der Waals surface area contributed by atoms with Crippen molar-refractivity contribution in [1.82, 2.24) is 20.0 Å². The topological polar surface area (TPSA) is 99.2 Å². The van der Waals surface area contributed by atoms with E-state index in [4.69, 9.17) is 9.26 Å². The van der Waals surface area contributed by atoms with Crippen LogP contribution in [0, 0.1) is 5.82 Å². The molecule has 0 spiro atoms. The number of hydrogen-bond donors (Lipinski definition) is 1. The summed E-state index contributed by atoms with van der Waals surface area (Å²) in [6.45, 7) is 0.514. The molecule has 31 heavy (non-hydrogen) atoms. The Morgan fingerprint density at radius 2 is 1.90 bits per heavy atom. The molecule has 0 unspecified atom stereocenters. The third-order valence-electron chi connectivity index (χ3n) is 4.81. The van der Waals surface area contributed by atoms with Gasteiger partial charge in [-0.25, -0.2) is 9.37 Å². The van der Waals surface area contributed by atoms with Gasteiger partial charge in [0.25, 0.3) is 11.3 Å². The van der Waals surface area contributed by atoms with Gasteiger partial charge in [-0.15, -0.1) is 0 Å². The summed E-state index contributed by atoms with van der Waals surface area (Å²) in [4.78, 5) is 29.2. The second-order valence-electron chi connectivity index (χ2n) is 6.84. The minimum Gasteiger partial charge on any atom is -0.497 e. The first-order valence-electron chi connectivity index (χ1n) is 9.55. The molecule has 0 atom stereocenters. The summed E-state index contributed by atoms with van der Waals surface area (Å²) in [7, 11) is 1.59. The quantitative estimate of drug-likeness (QED) is 0.492. The van der Waals surface area contributed by atoms with Crippen LogP contribution in [0.3, 0.4) is 0 Å². The van der Waals surface area contributed by atoms with Gasteiger partial charge in [-0.2, -0.15) is 0 Å². The van der Waals surface area contributed by atoms with Crippen LogP contribution in [0.4, 0.5) is 4.39 Å².